The van der Waals surface area contributed by atoms with E-state index >= 15 is 0 Å². The van der Waals surface area contributed by atoms with Crippen LogP contribution in [0.2, 0.25) is 5.15 Å². The maximum absolute atomic E-state index is 11.9. The van der Waals surface area contributed by atoms with E-state index in [4.69, 9.17) is 26.3 Å². The lowest BCUT2D eigenvalue weighted by Gasteiger charge is -2.12. The molecule has 0 bridgehead atoms. The lowest BCUT2D eigenvalue weighted by Crippen LogP contribution is -2.20. The molecule has 0 aliphatic heterocycles. The van der Waals surface area contributed by atoms with Gasteiger partial charge in [0.25, 0.3) is 5.91 Å². The number of carbonyl (C=O) groups excluding carboxylic acids is 1. The number of nitrogens with zero attached hydrogens (tertiary/aromatic N) is 2. The summed E-state index contributed by atoms with van der Waals surface area (Å²) in [5.74, 6) is 0.420. The first-order chi connectivity index (χ1) is 11.1. The van der Waals surface area contributed by atoms with Crippen LogP contribution in [0.3, 0.4) is 0 Å². The van der Waals surface area contributed by atoms with Gasteiger partial charge in [-0.3, -0.25) is 4.79 Å². The van der Waals surface area contributed by atoms with Crippen LogP contribution in [0.4, 0.5) is 5.69 Å². The summed E-state index contributed by atoms with van der Waals surface area (Å²) in [6.07, 6.45) is 1.53. The fourth-order valence-electron chi connectivity index (χ4n) is 1.77. The summed E-state index contributed by atoms with van der Waals surface area (Å²) in [6.45, 7) is 2.01. The van der Waals surface area contributed by atoms with Crippen LogP contribution in [0.25, 0.3) is 0 Å². The molecule has 0 radical (unpaired) electrons. The molecule has 0 atom stereocenters. The van der Waals surface area contributed by atoms with Crippen LogP contribution in [0.15, 0.2) is 36.5 Å². The van der Waals surface area contributed by atoms with Gasteiger partial charge in [0.1, 0.15) is 0 Å². The molecule has 1 amide bonds. The van der Waals surface area contributed by atoms with Gasteiger partial charge < -0.3 is 14.8 Å². The molecule has 1 aromatic heterocycles. The third-order valence-electron chi connectivity index (χ3n) is 2.76. The first-order valence-electron chi connectivity index (χ1n) is 6.84. The lowest BCUT2D eigenvalue weighted by molar-refractivity contribution is -0.118. The van der Waals surface area contributed by atoms with Gasteiger partial charge in [-0.25, -0.2) is 4.98 Å². The molecule has 1 heterocycles. The van der Waals surface area contributed by atoms with Crippen molar-refractivity contribution in [2.75, 3.05) is 18.5 Å². The quantitative estimate of drug-likeness (QED) is 0.822. The maximum atomic E-state index is 11.9. The molecule has 0 saturated heterocycles. The number of amides is 1. The Morgan fingerprint density at radius 2 is 2.17 bits per heavy atom. The van der Waals surface area contributed by atoms with Crippen molar-refractivity contribution in [2.45, 2.75) is 6.92 Å². The third kappa shape index (κ3) is 4.59. The number of nitrogens with one attached hydrogen (secondary N) is 1. The highest BCUT2D eigenvalue weighted by molar-refractivity contribution is 6.32. The van der Waals surface area contributed by atoms with E-state index in [0.29, 0.717) is 29.4 Å². The first kappa shape index (κ1) is 16.6. The molecule has 0 saturated carbocycles. The fraction of sp³-hybridized carbons (Fsp3) is 0.188. The van der Waals surface area contributed by atoms with Gasteiger partial charge in [-0.1, -0.05) is 11.6 Å². The summed E-state index contributed by atoms with van der Waals surface area (Å²) in [5.41, 5.74) is 0.861. The largest absolute Gasteiger partial charge is 0.490 e. The zero-order valence-corrected chi connectivity index (χ0v) is 13.1. The third-order valence-corrected chi connectivity index (χ3v) is 3.07. The average molecular weight is 332 g/mol. The van der Waals surface area contributed by atoms with Crippen LogP contribution >= 0.6 is 11.6 Å². The van der Waals surface area contributed by atoms with E-state index in [2.05, 4.69) is 10.3 Å². The van der Waals surface area contributed by atoms with Crippen molar-refractivity contribution in [2.24, 2.45) is 0 Å². The van der Waals surface area contributed by atoms with Gasteiger partial charge in [0, 0.05) is 12.3 Å². The number of anilines is 1. The van der Waals surface area contributed by atoms with E-state index in [1.807, 2.05) is 13.0 Å². The number of hydrogen-bond acceptors (Lipinski definition) is 5. The normalized spacial score (nSPS) is 9.78. The zero-order valence-electron chi connectivity index (χ0n) is 12.4. The van der Waals surface area contributed by atoms with Crippen molar-refractivity contribution < 1.29 is 14.3 Å². The van der Waals surface area contributed by atoms with Gasteiger partial charge in [-0.05, 0) is 31.2 Å². The number of nitriles is 1. The maximum Gasteiger partial charge on any atom is 0.262 e. The van der Waals surface area contributed by atoms with Crippen molar-refractivity contribution in [3.8, 4) is 17.6 Å². The minimum atomic E-state index is -0.383. The highest BCUT2D eigenvalue weighted by atomic mass is 35.5. The van der Waals surface area contributed by atoms with Crippen LogP contribution in [-0.4, -0.2) is 24.1 Å². The zero-order chi connectivity index (χ0) is 16.7. The molecule has 2 rings (SSSR count). The van der Waals surface area contributed by atoms with Crippen LogP contribution in [0, 0.1) is 11.3 Å². The van der Waals surface area contributed by atoms with Gasteiger partial charge in [-0.2, -0.15) is 5.26 Å². The molecular weight excluding hydrogens is 318 g/mol. The molecule has 0 fully saturated rings. The van der Waals surface area contributed by atoms with E-state index in [1.165, 1.54) is 6.20 Å². The van der Waals surface area contributed by atoms with Crippen LogP contribution in [-0.2, 0) is 4.79 Å². The molecule has 0 spiro atoms. The standard InChI is InChI=1S/C16H14ClN3O3/c1-2-22-14-8-11(9-18)5-6-13(14)23-10-15(21)20-12-4-3-7-19-16(12)17/h3-8H,2,10H2,1H3,(H,20,21). The summed E-state index contributed by atoms with van der Waals surface area (Å²) in [7, 11) is 0. The first-order valence-corrected chi connectivity index (χ1v) is 7.22. The predicted molar refractivity (Wildman–Crippen MR) is 85.7 cm³/mol. The number of ether oxygens (including phenoxy) is 2. The lowest BCUT2D eigenvalue weighted by atomic mass is 10.2. The molecular formula is C16H14ClN3O3. The summed E-state index contributed by atoms with van der Waals surface area (Å²) in [5, 5.41) is 11.7. The minimum absolute atomic E-state index is 0.203. The fourth-order valence-corrected chi connectivity index (χ4v) is 1.94. The Hall–Kier alpha value is -2.78. The van der Waals surface area contributed by atoms with Crippen molar-refractivity contribution in [3.63, 3.8) is 0 Å². The Morgan fingerprint density at radius 1 is 1.35 bits per heavy atom. The number of benzene rings is 1. The Balaban J connectivity index is 2.01. The number of carbonyl (C=O) groups is 1. The Labute approximate surface area is 138 Å². The topological polar surface area (TPSA) is 84.2 Å². The van der Waals surface area contributed by atoms with Crippen LogP contribution < -0.4 is 14.8 Å². The molecule has 0 aliphatic rings. The molecule has 6 nitrogen and oxygen atoms in total. The average Bonchev–Trinajstić information content (AvgIpc) is 2.56. The van der Waals surface area contributed by atoms with Crippen molar-refractivity contribution in [1.29, 1.82) is 5.26 Å². The SMILES string of the molecule is CCOc1cc(C#N)ccc1OCC(=O)Nc1cccnc1Cl. The molecule has 1 N–H and O–H groups in total. The molecule has 7 heteroatoms. The second-order valence-electron chi connectivity index (χ2n) is 4.38. The molecule has 0 unspecified atom stereocenters. The van der Waals surface area contributed by atoms with Crippen molar-refractivity contribution >= 4 is 23.2 Å². The molecule has 0 aliphatic carbocycles. The minimum Gasteiger partial charge on any atom is -0.490 e. The monoisotopic (exact) mass is 331 g/mol. The van der Waals surface area contributed by atoms with E-state index < -0.39 is 0 Å². The van der Waals surface area contributed by atoms with Crippen LogP contribution in [0.1, 0.15) is 12.5 Å². The number of pyridine rings is 1. The summed E-state index contributed by atoms with van der Waals surface area (Å²) in [4.78, 5) is 15.8. The molecule has 23 heavy (non-hydrogen) atoms. The van der Waals surface area contributed by atoms with Gasteiger partial charge >= 0.3 is 0 Å². The summed E-state index contributed by atoms with van der Waals surface area (Å²) < 4.78 is 10.9. The number of hydrogen-bond donors (Lipinski definition) is 1. The number of aromatic nitrogens is 1. The highest BCUT2D eigenvalue weighted by Gasteiger charge is 2.10. The highest BCUT2D eigenvalue weighted by Crippen LogP contribution is 2.28. The Kier molecular flexibility index (Phi) is 5.78. The van der Waals surface area contributed by atoms with Crippen molar-refractivity contribution in [3.05, 3.63) is 47.2 Å². The Bertz CT molecular complexity index is 744. The second kappa shape index (κ2) is 8.01. The predicted octanol–water partition coefficient (Wildman–Crippen LogP) is 3.02. The van der Waals surface area contributed by atoms with Gasteiger partial charge in [0.05, 0.1) is 23.9 Å². The number of halogens is 1. The second-order valence-corrected chi connectivity index (χ2v) is 4.74. The smallest absolute Gasteiger partial charge is 0.262 e. The van der Waals surface area contributed by atoms with E-state index in [0.717, 1.165) is 0 Å². The molecule has 118 valence electrons. The van der Waals surface area contributed by atoms with Gasteiger partial charge in [0.2, 0.25) is 0 Å². The molecule has 2 aromatic rings. The summed E-state index contributed by atoms with van der Waals surface area (Å²) in [6, 6.07) is 10.1. The number of rotatable bonds is 6. The van der Waals surface area contributed by atoms with E-state index in [9.17, 15) is 4.79 Å². The van der Waals surface area contributed by atoms with Crippen LogP contribution in [0.5, 0.6) is 11.5 Å². The van der Waals surface area contributed by atoms with E-state index in [1.54, 1.807) is 30.3 Å². The van der Waals surface area contributed by atoms with Crippen molar-refractivity contribution in [1.82, 2.24) is 4.98 Å². The molecule has 1 aromatic carbocycles. The van der Waals surface area contributed by atoms with Gasteiger partial charge in [-0.15, -0.1) is 0 Å². The van der Waals surface area contributed by atoms with E-state index in [-0.39, 0.29) is 17.7 Å². The summed E-state index contributed by atoms with van der Waals surface area (Å²) >= 11 is 5.87. The van der Waals surface area contributed by atoms with Gasteiger partial charge in [0.15, 0.2) is 23.3 Å². The Morgan fingerprint density at radius 3 is 2.87 bits per heavy atom.